The molecule has 0 fully saturated rings. The Balaban J connectivity index is 2.53. The van der Waals surface area contributed by atoms with Crippen LogP contribution in [-0.4, -0.2) is 23.2 Å². The van der Waals surface area contributed by atoms with Gasteiger partial charge in [-0.25, -0.2) is 14.4 Å². The van der Waals surface area contributed by atoms with Gasteiger partial charge in [0.15, 0.2) is 0 Å². The monoisotopic (exact) mass is 386 g/mol. The number of allylic oxidation sites excluding steroid dienone is 6. The molecule has 0 radical (unpaired) electrons. The average Bonchev–Trinajstić information content (AvgIpc) is 2.72. The number of hydrogen-bond donors (Lipinski definition) is 0. The minimum atomic E-state index is -2.93. The molecule has 0 saturated carbocycles. The van der Waals surface area contributed by atoms with Crippen LogP contribution in [-0.2, 0) is 14.4 Å². The number of aryl methyl sites for hydroxylation is 2. The number of rotatable bonds is 4. The van der Waals surface area contributed by atoms with Crippen LogP contribution in [0.2, 0.25) is 0 Å². The molecule has 28 heavy (non-hydrogen) atoms. The Morgan fingerprint density at radius 1 is 0.893 bits per heavy atom. The molecule has 3 rings (SSSR count). The predicted molar refractivity (Wildman–Crippen MR) is 115 cm³/mol. The molecule has 2 aromatic rings. The predicted octanol–water partition coefficient (Wildman–Crippen LogP) is 3.35. The second-order valence-electron chi connectivity index (χ2n) is 6.63. The van der Waals surface area contributed by atoms with E-state index in [1.165, 1.54) is 6.08 Å². The number of benzene rings is 2. The summed E-state index contributed by atoms with van der Waals surface area (Å²) in [5, 5.41) is 1.69. The van der Waals surface area contributed by atoms with Crippen LogP contribution >= 0.6 is 6.89 Å². The first-order valence-corrected chi connectivity index (χ1v) is 10.7. The zero-order valence-corrected chi connectivity index (χ0v) is 16.6. The van der Waals surface area contributed by atoms with E-state index in [-0.39, 0.29) is 0 Å². The summed E-state index contributed by atoms with van der Waals surface area (Å²) in [6, 6.07) is 15.3. The summed E-state index contributed by atoms with van der Waals surface area (Å²) in [6.07, 6.45) is 6.39. The molecule has 1 aliphatic carbocycles. The molecule has 0 spiro atoms. The molecule has 0 aliphatic heterocycles. The van der Waals surface area contributed by atoms with Crippen LogP contribution in [0.25, 0.3) is 0 Å². The van der Waals surface area contributed by atoms with Gasteiger partial charge >= 0.3 is 0 Å². The number of carbonyl (C=O) groups excluding carboxylic acids is 3. The Kier molecular flexibility index (Phi) is 5.76. The van der Waals surface area contributed by atoms with E-state index < -0.39 is 12.5 Å². The zero-order valence-electron chi connectivity index (χ0n) is 15.7. The Labute approximate surface area is 164 Å². The van der Waals surface area contributed by atoms with Crippen LogP contribution in [0, 0.1) is 13.8 Å². The van der Waals surface area contributed by atoms with Crippen molar-refractivity contribution < 1.29 is 14.4 Å². The fourth-order valence-corrected chi connectivity index (χ4v) is 8.01. The highest BCUT2D eigenvalue weighted by Crippen LogP contribution is 2.56. The van der Waals surface area contributed by atoms with E-state index in [4.69, 9.17) is 0 Å². The summed E-state index contributed by atoms with van der Waals surface area (Å²) in [7, 11) is 0. The van der Waals surface area contributed by atoms with Crippen molar-refractivity contribution in [1.82, 2.24) is 0 Å². The molecular formula is C24H19O3P. The molecule has 0 aromatic heterocycles. The molecule has 3 nitrogen and oxygen atoms in total. The summed E-state index contributed by atoms with van der Waals surface area (Å²) < 4.78 is 0. The minimum Gasteiger partial charge on any atom is -0.234 e. The zero-order chi connectivity index (χ0) is 20.1. The van der Waals surface area contributed by atoms with Gasteiger partial charge in [0.2, 0.25) is 0 Å². The van der Waals surface area contributed by atoms with Crippen molar-refractivity contribution >= 4 is 35.0 Å². The minimum absolute atomic E-state index is 0.340. The molecule has 1 unspecified atom stereocenters. The lowest BCUT2D eigenvalue weighted by Crippen LogP contribution is -2.32. The first-order valence-electron chi connectivity index (χ1n) is 8.84. The first-order chi connectivity index (χ1) is 13.6. The van der Waals surface area contributed by atoms with Gasteiger partial charge in [0.1, 0.15) is 17.5 Å². The third-order valence-corrected chi connectivity index (χ3v) is 9.20. The standard InChI is InChI=1S/C24H19O3P/c1-18-8-3-5-12-22(18)28(17-27,23-13-6-4-9-19(23)2)24-20(14-15-25)10-7-11-21(24)16-26/h3-14,24H,1-2H3. The van der Waals surface area contributed by atoms with E-state index in [1.807, 2.05) is 74.3 Å². The topological polar surface area (TPSA) is 51.2 Å². The quantitative estimate of drug-likeness (QED) is 0.598. The van der Waals surface area contributed by atoms with Crippen molar-refractivity contribution in [1.29, 1.82) is 0 Å². The van der Waals surface area contributed by atoms with E-state index in [2.05, 4.69) is 5.66 Å². The lowest BCUT2D eigenvalue weighted by atomic mass is 10.0. The lowest BCUT2D eigenvalue weighted by molar-refractivity contribution is 0.566. The van der Waals surface area contributed by atoms with Gasteiger partial charge in [-0.1, -0.05) is 60.7 Å². The van der Waals surface area contributed by atoms with Crippen molar-refractivity contribution in [2.24, 2.45) is 0 Å². The van der Waals surface area contributed by atoms with Gasteiger partial charge in [0.05, 0.1) is 5.66 Å². The summed E-state index contributed by atoms with van der Waals surface area (Å²) in [5.74, 6) is 3.81. The second-order valence-corrected chi connectivity index (χ2v) is 9.74. The highest BCUT2D eigenvalue weighted by atomic mass is 31.2. The maximum absolute atomic E-state index is 12.9. The molecule has 4 heteroatoms. The van der Waals surface area contributed by atoms with Gasteiger partial charge in [-0.2, -0.15) is 0 Å². The molecule has 0 amide bonds. The Morgan fingerprint density at radius 3 is 1.93 bits per heavy atom. The highest BCUT2D eigenvalue weighted by molar-refractivity contribution is 7.88. The molecule has 1 atom stereocenters. The Hall–Kier alpha value is -3.17. The van der Waals surface area contributed by atoms with Gasteiger partial charge in [0.25, 0.3) is 0 Å². The second kappa shape index (κ2) is 8.24. The van der Waals surface area contributed by atoms with Crippen LogP contribution < -0.4 is 10.6 Å². The Bertz CT molecular complexity index is 1120. The van der Waals surface area contributed by atoms with E-state index in [0.717, 1.165) is 21.7 Å². The smallest absolute Gasteiger partial charge is 0.129 e. The summed E-state index contributed by atoms with van der Waals surface area (Å²) in [6.45, 7) is 0.966. The normalized spacial score (nSPS) is 15.9. The van der Waals surface area contributed by atoms with Crippen molar-refractivity contribution in [3.8, 4) is 0 Å². The molecule has 0 bridgehead atoms. The van der Waals surface area contributed by atoms with E-state index >= 15 is 0 Å². The van der Waals surface area contributed by atoms with Crippen molar-refractivity contribution in [2.75, 3.05) is 0 Å². The maximum Gasteiger partial charge on any atom is 0.129 e. The SMILES string of the molecule is Cc1ccccc1P(=C=O)(c1ccccc1C)C1C(=C=O)C=CC=C1C=C=O. The van der Waals surface area contributed by atoms with Crippen LogP contribution in [0.15, 0.2) is 84.0 Å². The van der Waals surface area contributed by atoms with Gasteiger partial charge in [-0.3, -0.25) is 0 Å². The summed E-state index contributed by atoms with van der Waals surface area (Å²) in [4.78, 5) is 35.9. The van der Waals surface area contributed by atoms with Crippen LogP contribution in [0.5, 0.6) is 0 Å². The Morgan fingerprint density at radius 2 is 1.46 bits per heavy atom. The molecule has 1 aliphatic rings. The molecule has 0 saturated heterocycles. The first kappa shape index (κ1) is 19.6. The summed E-state index contributed by atoms with van der Waals surface area (Å²) >= 11 is 0. The largest absolute Gasteiger partial charge is 0.234 e. The van der Waals surface area contributed by atoms with Gasteiger partial charge in [-0.15, -0.1) is 0 Å². The lowest BCUT2D eigenvalue weighted by Gasteiger charge is -2.35. The van der Waals surface area contributed by atoms with Gasteiger partial charge in [-0.05, 0) is 47.2 Å². The number of hydrogen-bond acceptors (Lipinski definition) is 3. The molecule has 0 N–H and O–H groups in total. The van der Waals surface area contributed by atoms with Crippen molar-refractivity contribution in [3.63, 3.8) is 0 Å². The van der Waals surface area contributed by atoms with Gasteiger partial charge < -0.3 is 0 Å². The molecule has 0 heterocycles. The van der Waals surface area contributed by atoms with E-state index in [0.29, 0.717) is 11.1 Å². The van der Waals surface area contributed by atoms with E-state index in [1.54, 1.807) is 18.2 Å². The van der Waals surface area contributed by atoms with Crippen molar-refractivity contribution in [2.45, 2.75) is 19.5 Å². The van der Waals surface area contributed by atoms with Crippen LogP contribution in [0.1, 0.15) is 11.1 Å². The van der Waals surface area contributed by atoms with Gasteiger partial charge in [0, 0.05) is 18.5 Å². The fraction of sp³-hybridized carbons (Fsp3) is 0.125. The van der Waals surface area contributed by atoms with Crippen LogP contribution in [0.4, 0.5) is 0 Å². The third-order valence-electron chi connectivity index (χ3n) is 5.04. The van der Waals surface area contributed by atoms with Crippen molar-refractivity contribution in [3.05, 3.63) is 95.1 Å². The fourth-order valence-electron chi connectivity index (χ4n) is 3.82. The highest BCUT2D eigenvalue weighted by Gasteiger charge is 2.40. The maximum atomic E-state index is 12.9. The molecular weight excluding hydrogens is 367 g/mol. The average molecular weight is 386 g/mol. The molecule has 2 aromatic carbocycles. The van der Waals surface area contributed by atoms with Crippen LogP contribution in [0.3, 0.4) is 0 Å². The molecule has 138 valence electrons. The third kappa shape index (κ3) is 3.14. The van der Waals surface area contributed by atoms with E-state index in [9.17, 15) is 14.4 Å². The summed E-state index contributed by atoms with van der Waals surface area (Å²) in [5.41, 5.74) is 4.55.